The predicted molar refractivity (Wildman–Crippen MR) is 68.9 cm³/mol. The Balaban J connectivity index is 3.46. The number of hydrogen-bond donors (Lipinski definition) is 1. The molecule has 1 aromatic heterocycles. The van der Waals surface area contributed by atoms with Crippen molar-refractivity contribution in [3.63, 3.8) is 0 Å². The van der Waals surface area contributed by atoms with Gasteiger partial charge in [0.1, 0.15) is 16.7 Å². The van der Waals surface area contributed by atoms with Crippen LogP contribution in [0.4, 0.5) is 5.82 Å². The van der Waals surface area contributed by atoms with Gasteiger partial charge in [-0.2, -0.15) is 0 Å². The molecule has 2 N–H and O–H groups in total. The van der Waals surface area contributed by atoms with Gasteiger partial charge in [0.25, 0.3) is 0 Å². The lowest BCUT2D eigenvalue weighted by molar-refractivity contribution is 0.515. The van der Waals surface area contributed by atoms with Crippen LogP contribution in [0.25, 0.3) is 0 Å². The van der Waals surface area contributed by atoms with E-state index in [0.29, 0.717) is 10.8 Å². The molecule has 0 amide bonds. The third-order valence-electron chi connectivity index (χ3n) is 2.26. The highest BCUT2D eigenvalue weighted by Gasteiger charge is 2.26. The van der Waals surface area contributed by atoms with Crippen molar-refractivity contribution in [3.8, 4) is 0 Å². The molecule has 0 unspecified atom stereocenters. The minimum Gasteiger partial charge on any atom is -0.382 e. The molecule has 0 radical (unpaired) electrons. The molecular formula is C12H20ClN3. The number of nitrogens with zero attached hydrogens (tertiary/aromatic N) is 2. The van der Waals surface area contributed by atoms with Crippen LogP contribution in [-0.4, -0.2) is 9.97 Å². The molecule has 1 aromatic rings. The largest absolute Gasteiger partial charge is 0.382 e. The van der Waals surface area contributed by atoms with Gasteiger partial charge in [-0.15, -0.1) is 0 Å². The van der Waals surface area contributed by atoms with E-state index in [2.05, 4.69) is 51.5 Å². The molecule has 0 aliphatic rings. The number of aromatic nitrogens is 2. The van der Waals surface area contributed by atoms with Crippen molar-refractivity contribution < 1.29 is 0 Å². The van der Waals surface area contributed by atoms with Gasteiger partial charge in [0.15, 0.2) is 0 Å². The molecule has 0 bridgehead atoms. The average molecular weight is 242 g/mol. The minimum atomic E-state index is -0.131. The number of hydrogen-bond acceptors (Lipinski definition) is 3. The Morgan fingerprint density at radius 2 is 1.44 bits per heavy atom. The number of nitrogen functional groups attached to an aromatic ring is 1. The van der Waals surface area contributed by atoms with Crippen LogP contribution < -0.4 is 5.73 Å². The zero-order chi connectivity index (χ0) is 12.7. The Kier molecular flexibility index (Phi) is 3.21. The molecule has 0 aliphatic carbocycles. The van der Waals surface area contributed by atoms with Gasteiger partial charge < -0.3 is 5.73 Å². The maximum atomic E-state index is 6.15. The molecule has 0 atom stereocenters. The summed E-state index contributed by atoms with van der Waals surface area (Å²) in [6.45, 7) is 12.4. The van der Waals surface area contributed by atoms with Crippen molar-refractivity contribution in [2.75, 3.05) is 5.73 Å². The summed E-state index contributed by atoms with van der Waals surface area (Å²) in [4.78, 5) is 8.81. The Morgan fingerprint density at radius 1 is 0.938 bits per heavy atom. The van der Waals surface area contributed by atoms with E-state index in [1.807, 2.05) is 0 Å². The van der Waals surface area contributed by atoms with Crippen LogP contribution in [0.1, 0.15) is 53.1 Å². The van der Waals surface area contributed by atoms with Gasteiger partial charge in [0.2, 0.25) is 0 Å². The average Bonchev–Trinajstić information content (AvgIpc) is 2.05. The summed E-state index contributed by atoms with van der Waals surface area (Å²) in [6.07, 6.45) is 0. The number of halogens is 1. The second-order valence-electron chi connectivity index (χ2n) is 6.10. The molecule has 0 aromatic carbocycles. The minimum absolute atomic E-state index is 0.126. The van der Waals surface area contributed by atoms with Crippen LogP contribution in [0.15, 0.2) is 0 Å². The number of anilines is 1. The van der Waals surface area contributed by atoms with Gasteiger partial charge in [0, 0.05) is 10.8 Å². The van der Waals surface area contributed by atoms with Gasteiger partial charge in [-0.05, 0) is 0 Å². The van der Waals surface area contributed by atoms with Crippen LogP contribution in [0.5, 0.6) is 0 Å². The van der Waals surface area contributed by atoms with Crippen LogP contribution in [-0.2, 0) is 10.8 Å². The van der Waals surface area contributed by atoms with E-state index in [1.165, 1.54) is 0 Å². The van der Waals surface area contributed by atoms with E-state index in [9.17, 15) is 0 Å². The fourth-order valence-corrected chi connectivity index (χ4v) is 1.66. The van der Waals surface area contributed by atoms with E-state index in [0.717, 1.165) is 11.5 Å². The molecule has 0 aliphatic heterocycles. The third kappa shape index (κ3) is 2.64. The van der Waals surface area contributed by atoms with Gasteiger partial charge in [0.05, 0.1) is 5.69 Å². The summed E-state index contributed by atoms with van der Waals surface area (Å²) >= 11 is 6.15. The summed E-state index contributed by atoms with van der Waals surface area (Å²) in [6, 6.07) is 0. The monoisotopic (exact) mass is 241 g/mol. The zero-order valence-electron chi connectivity index (χ0n) is 10.8. The summed E-state index contributed by atoms with van der Waals surface area (Å²) in [5.41, 5.74) is 6.39. The molecule has 16 heavy (non-hydrogen) atoms. The molecule has 3 nitrogen and oxygen atoms in total. The van der Waals surface area contributed by atoms with E-state index in [1.54, 1.807) is 0 Å². The Morgan fingerprint density at radius 3 is 1.81 bits per heavy atom. The van der Waals surface area contributed by atoms with Gasteiger partial charge in [-0.3, -0.25) is 0 Å². The lowest BCUT2D eigenvalue weighted by Crippen LogP contribution is -2.23. The van der Waals surface area contributed by atoms with Crippen molar-refractivity contribution in [2.24, 2.45) is 0 Å². The Labute approximate surface area is 102 Å². The zero-order valence-corrected chi connectivity index (χ0v) is 11.6. The molecule has 90 valence electrons. The van der Waals surface area contributed by atoms with Gasteiger partial charge >= 0.3 is 0 Å². The van der Waals surface area contributed by atoms with E-state index < -0.39 is 0 Å². The van der Waals surface area contributed by atoms with Crippen molar-refractivity contribution in [3.05, 3.63) is 16.5 Å². The first-order valence-corrected chi connectivity index (χ1v) is 5.75. The molecule has 4 heteroatoms. The maximum absolute atomic E-state index is 6.15. The highest BCUT2D eigenvalue weighted by molar-refractivity contribution is 6.33. The second kappa shape index (κ2) is 3.88. The van der Waals surface area contributed by atoms with E-state index >= 15 is 0 Å². The lowest BCUT2D eigenvalue weighted by Gasteiger charge is -2.24. The third-order valence-corrected chi connectivity index (χ3v) is 2.63. The summed E-state index contributed by atoms with van der Waals surface area (Å²) in [5.74, 6) is 1.10. The molecular weight excluding hydrogens is 222 g/mol. The summed E-state index contributed by atoms with van der Waals surface area (Å²) in [5, 5.41) is 0.473. The first kappa shape index (κ1) is 13.2. The fraction of sp³-hybridized carbons (Fsp3) is 0.667. The van der Waals surface area contributed by atoms with E-state index in [4.69, 9.17) is 17.3 Å². The van der Waals surface area contributed by atoms with Crippen molar-refractivity contribution >= 4 is 17.4 Å². The lowest BCUT2D eigenvalue weighted by atomic mass is 9.90. The Bertz CT molecular complexity index is 400. The van der Waals surface area contributed by atoms with Gasteiger partial charge in [-0.25, -0.2) is 9.97 Å². The highest BCUT2D eigenvalue weighted by atomic mass is 35.5. The van der Waals surface area contributed by atoms with Crippen molar-refractivity contribution in [1.82, 2.24) is 9.97 Å². The summed E-state index contributed by atoms with van der Waals surface area (Å²) < 4.78 is 0. The molecule has 0 fully saturated rings. The first-order valence-electron chi connectivity index (χ1n) is 5.37. The highest BCUT2D eigenvalue weighted by Crippen LogP contribution is 2.32. The molecule has 0 saturated heterocycles. The number of rotatable bonds is 0. The van der Waals surface area contributed by atoms with Crippen molar-refractivity contribution in [1.29, 1.82) is 0 Å². The van der Waals surface area contributed by atoms with Crippen LogP contribution in [0.2, 0.25) is 5.02 Å². The Hall–Kier alpha value is -0.830. The molecule has 0 spiro atoms. The summed E-state index contributed by atoms with van der Waals surface area (Å²) in [7, 11) is 0. The molecule has 1 rings (SSSR count). The normalized spacial score (nSPS) is 12.9. The molecule has 0 saturated carbocycles. The fourth-order valence-electron chi connectivity index (χ4n) is 1.30. The van der Waals surface area contributed by atoms with Gasteiger partial charge in [-0.1, -0.05) is 53.1 Å². The van der Waals surface area contributed by atoms with E-state index in [-0.39, 0.29) is 10.8 Å². The standard InChI is InChI=1S/C12H20ClN3/c1-11(2,3)8-7(13)9(14)16-10(15-8)12(4,5)6/h1-6H3,(H2,14,15,16). The van der Waals surface area contributed by atoms with Crippen LogP contribution >= 0.6 is 11.6 Å². The SMILES string of the molecule is CC(C)(C)c1nc(N)c(Cl)c(C(C)(C)C)n1. The topological polar surface area (TPSA) is 51.8 Å². The second-order valence-corrected chi connectivity index (χ2v) is 6.47. The molecule has 1 heterocycles. The van der Waals surface area contributed by atoms with Crippen LogP contribution in [0, 0.1) is 0 Å². The smallest absolute Gasteiger partial charge is 0.146 e. The van der Waals surface area contributed by atoms with Crippen LogP contribution in [0.3, 0.4) is 0 Å². The quantitative estimate of drug-likeness (QED) is 0.758. The first-order chi connectivity index (χ1) is 7.03. The van der Waals surface area contributed by atoms with Crippen molar-refractivity contribution in [2.45, 2.75) is 52.4 Å². The number of nitrogens with two attached hydrogens (primary N) is 1. The predicted octanol–water partition coefficient (Wildman–Crippen LogP) is 3.31. The maximum Gasteiger partial charge on any atom is 0.146 e.